The minimum absolute atomic E-state index is 0.0780. The van der Waals surface area contributed by atoms with Crippen molar-refractivity contribution in [1.82, 2.24) is 0 Å². The molecule has 3 nitrogen and oxygen atoms in total. The Bertz CT molecular complexity index is 846. The van der Waals surface area contributed by atoms with E-state index in [0.717, 1.165) is 11.8 Å². The number of carbonyl (C=O) groups is 2. The molecule has 0 spiro atoms. The Hall–Kier alpha value is -2.27. The quantitative estimate of drug-likeness (QED) is 0.808. The van der Waals surface area contributed by atoms with Crippen LogP contribution in [-0.2, 0) is 4.79 Å². The summed E-state index contributed by atoms with van der Waals surface area (Å²) < 4.78 is 13.3. The predicted molar refractivity (Wildman–Crippen MR) is 78.8 cm³/mol. The molecule has 1 aliphatic heterocycles. The molecule has 1 amide bonds. The van der Waals surface area contributed by atoms with Crippen molar-refractivity contribution in [1.29, 1.82) is 0 Å². The fraction of sp³-hybridized carbons (Fsp3) is 0.0625. The molecule has 0 saturated carbocycles. The first kappa shape index (κ1) is 13.7. The van der Waals surface area contributed by atoms with Gasteiger partial charge >= 0.3 is 0 Å². The van der Waals surface area contributed by atoms with Gasteiger partial charge < -0.3 is 0 Å². The van der Waals surface area contributed by atoms with E-state index < -0.39 is 11.7 Å². The van der Waals surface area contributed by atoms with Crippen molar-refractivity contribution in [2.45, 2.75) is 0 Å². The van der Waals surface area contributed by atoms with E-state index in [0.29, 0.717) is 21.0 Å². The van der Waals surface area contributed by atoms with Crippen LogP contribution >= 0.6 is 11.8 Å². The third-order valence-corrected chi connectivity index (χ3v) is 4.15. The third-order valence-electron chi connectivity index (χ3n) is 3.06. The van der Waals surface area contributed by atoms with E-state index in [1.54, 1.807) is 24.3 Å². The number of nitrogens with zero attached hydrogens (tertiary/aromatic N) is 1. The summed E-state index contributed by atoms with van der Waals surface area (Å²) in [5, 5.41) is 0.918. The van der Waals surface area contributed by atoms with E-state index in [-0.39, 0.29) is 11.5 Å². The van der Waals surface area contributed by atoms with Crippen molar-refractivity contribution in [3.8, 4) is 0 Å². The molecule has 2 aromatic rings. The first-order valence-corrected chi connectivity index (χ1v) is 7.28. The molecule has 3 rings (SSSR count). The van der Waals surface area contributed by atoms with Gasteiger partial charge in [0.05, 0.1) is 16.0 Å². The number of amides is 1. The number of carbonyl (C=O) groups excluding carboxylic acids is 2. The first-order valence-electron chi connectivity index (χ1n) is 6.29. The van der Waals surface area contributed by atoms with Crippen LogP contribution in [0.15, 0.2) is 53.5 Å². The summed E-state index contributed by atoms with van der Waals surface area (Å²) >= 11 is 1.10. The van der Waals surface area contributed by atoms with Crippen LogP contribution in [0, 0.1) is 5.82 Å². The Morgan fingerprint density at radius 2 is 1.90 bits per heavy atom. The second kappa shape index (κ2) is 5.61. The van der Waals surface area contributed by atoms with Crippen LogP contribution in [0.4, 0.5) is 4.39 Å². The lowest BCUT2D eigenvalue weighted by atomic mass is 10.2. The lowest BCUT2D eigenvalue weighted by molar-refractivity contribution is -0.112. The number of fused-ring (bicyclic) bond motifs is 1. The van der Waals surface area contributed by atoms with Gasteiger partial charge in [0.1, 0.15) is 5.82 Å². The SMILES string of the molecule is O=C1N=c2ccc(F)cc2=C1SCC(=O)c1ccccc1. The largest absolute Gasteiger partial charge is 0.293 e. The molecule has 2 aromatic carbocycles. The van der Waals surface area contributed by atoms with Gasteiger partial charge in [0.15, 0.2) is 5.78 Å². The van der Waals surface area contributed by atoms with Gasteiger partial charge in [-0.25, -0.2) is 9.38 Å². The number of ketones is 1. The Morgan fingerprint density at radius 1 is 1.14 bits per heavy atom. The standard InChI is InChI=1S/C16H10FNO2S/c17-11-6-7-13-12(8-11)15(16(20)18-13)21-9-14(19)10-4-2-1-3-5-10/h1-8H,9H2. The number of thioether (sulfide) groups is 1. The highest BCUT2D eigenvalue weighted by Crippen LogP contribution is 2.20. The molecule has 0 fully saturated rings. The molecule has 5 heteroatoms. The average Bonchev–Trinajstić information content (AvgIpc) is 2.80. The smallest absolute Gasteiger partial charge is 0.284 e. The molecule has 0 N–H and O–H groups in total. The Labute approximate surface area is 124 Å². The van der Waals surface area contributed by atoms with Crippen LogP contribution in [0.2, 0.25) is 0 Å². The molecule has 0 unspecified atom stereocenters. The van der Waals surface area contributed by atoms with Crippen molar-refractivity contribution < 1.29 is 14.0 Å². The first-order chi connectivity index (χ1) is 10.1. The van der Waals surface area contributed by atoms with Crippen LogP contribution in [0.3, 0.4) is 0 Å². The maximum atomic E-state index is 13.3. The Kier molecular flexibility index (Phi) is 3.66. The minimum Gasteiger partial charge on any atom is -0.293 e. The van der Waals surface area contributed by atoms with Gasteiger partial charge in [-0.2, -0.15) is 0 Å². The zero-order valence-corrected chi connectivity index (χ0v) is 11.7. The maximum absolute atomic E-state index is 13.3. The van der Waals surface area contributed by atoms with Crippen LogP contribution in [-0.4, -0.2) is 17.4 Å². The topological polar surface area (TPSA) is 46.5 Å². The van der Waals surface area contributed by atoms with E-state index in [1.807, 2.05) is 6.07 Å². The Morgan fingerprint density at radius 3 is 2.67 bits per heavy atom. The van der Waals surface area contributed by atoms with E-state index in [4.69, 9.17) is 0 Å². The molecule has 1 aliphatic rings. The number of Topliss-reactive ketones (excluding diaryl/α,β-unsaturated/α-hetero) is 1. The van der Waals surface area contributed by atoms with E-state index >= 15 is 0 Å². The average molecular weight is 299 g/mol. The fourth-order valence-electron chi connectivity index (χ4n) is 2.05. The molecule has 0 saturated heterocycles. The highest BCUT2D eigenvalue weighted by Gasteiger charge is 2.19. The minimum atomic E-state index is -0.425. The fourth-order valence-corrected chi connectivity index (χ4v) is 2.98. The number of hydrogen-bond acceptors (Lipinski definition) is 3. The van der Waals surface area contributed by atoms with Crippen molar-refractivity contribution in [2.75, 3.05) is 5.75 Å². The van der Waals surface area contributed by atoms with Gasteiger partial charge in [-0.15, -0.1) is 11.8 Å². The van der Waals surface area contributed by atoms with Crippen LogP contribution in [0.25, 0.3) is 4.91 Å². The van der Waals surface area contributed by atoms with E-state index in [1.165, 1.54) is 18.2 Å². The summed E-state index contributed by atoms with van der Waals surface area (Å²) in [4.78, 5) is 28.0. The molecule has 0 aromatic heterocycles. The second-order valence-corrected chi connectivity index (χ2v) is 5.47. The number of rotatable bonds is 4. The van der Waals surface area contributed by atoms with Crippen LogP contribution < -0.4 is 10.6 Å². The Balaban J connectivity index is 1.86. The van der Waals surface area contributed by atoms with Gasteiger partial charge in [0, 0.05) is 10.8 Å². The van der Waals surface area contributed by atoms with Crippen molar-refractivity contribution in [3.05, 3.63) is 70.5 Å². The molecule has 21 heavy (non-hydrogen) atoms. The molecular formula is C16H10FNO2S. The highest BCUT2D eigenvalue weighted by atomic mass is 32.2. The number of hydrogen-bond donors (Lipinski definition) is 0. The lowest BCUT2D eigenvalue weighted by Gasteiger charge is -2.01. The summed E-state index contributed by atoms with van der Waals surface area (Å²) in [5.41, 5.74) is 0.590. The maximum Gasteiger partial charge on any atom is 0.284 e. The van der Waals surface area contributed by atoms with E-state index in [2.05, 4.69) is 4.99 Å². The number of benzene rings is 2. The molecule has 0 atom stereocenters. The lowest BCUT2D eigenvalue weighted by Crippen LogP contribution is -2.23. The van der Waals surface area contributed by atoms with Crippen LogP contribution in [0.5, 0.6) is 0 Å². The molecule has 104 valence electrons. The van der Waals surface area contributed by atoms with Gasteiger partial charge in [-0.1, -0.05) is 30.3 Å². The van der Waals surface area contributed by atoms with Gasteiger partial charge in [-0.3, -0.25) is 9.59 Å². The summed E-state index contributed by atoms with van der Waals surface area (Å²) in [6, 6.07) is 12.9. The normalized spacial score (nSPS) is 13.0. The highest BCUT2D eigenvalue weighted by molar-refractivity contribution is 8.09. The number of halogens is 1. The van der Waals surface area contributed by atoms with Gasteiger partial charge in [0.2, 0.25) is 0 Å². The summed E-state index contributed by atoms with van der Waals surface area (Å²) in [6.07, 6.45) is 0. The third kappa shape index (κ3) is 2.78. The molecule has 1 heterocycles. The van der Waals surface area contributed by atoms with E-state index in [9.17, 15) is 14.0 Å². The molecule has 0 aliphatic carbocycles. The molecular weight excluding hydrogens is 289 g/mol. The summed E-state index contributed by atoms with van der Waals surface area (Å²) in [6.45, 7) is 0. The van der Waals surface area contributed by atoms with Gasteiger partial charge in [0.25, 0.3) is 5.91 Å². The predicted octanol–water partition coefficient (Wildman–Crippen LogP) is 1.71. The monoisotopic (exact) mass is 299 g/mol. The zero-order chi connectivity index (χ0) is 14.8. The van der Waals surface area contributed by atoms with Crippen molar-refractivity contribution in [3.63, 3.8) is 0 Å². The zero-order valence-electron chi connectivity index (χ0n) is 10.9. The second-order valence-electron chi connectivity index (χ2n) is 4.49. The summed E-state index contributed by atoms with van der Waals surface area (Å²) in [5.74, 6) is -0.797. The van der Waals surface area contributed by atoms with Crippen LogP contribution in [0.1, 0.15) is 10.4 Å². The van der Waals surface area contributed by atoms with Gasteiger partial charge in [-0.05, 0) is 18.2 Å². The summed E-state index contributed by atoms with van der Waals surface area (Å²) in [7, 11) is 0. The van der Waals surface area contributed by atoms with Crippen molar-refractivity contribution in [2.24, 2.45) is 4.99 Å². The molecule has 0 bridgehead atoms. The molecule has 0 radical (unpaired) electrons. The van der Waals surface area contributed by atoms with Crippen molar-refractivity contribution >= 4 is 28.4 Å².